The lowest BCUT2D eigenvalue weighted by Gasteiger charge is -2.32. The van der Waals surface area contributed by atoms with Gasteiger partial charge in [0.1, 0.15) is 0 Å². The Morgan fingerprint density at radius 1 is 1.19 bits per heavy atom. The number of piperazine rings is 1. The van der Waals surface area contributed by atoms with Crippen LogP contribution >= 0.6 is 0 Å². The van der Waals surface area contributed by atoms with Gasteiger partial charge in [-0.25, -0.2) is 8.42 Å². The number of aryl methyl sites for hydroxylation is 1. The normalized spacial score (nSPS) is 17.6. The number of nitrogens with one attached hydrogen (secondary N) is 1. The highest BCUT2D eigenvalue weighted by atomic mass is 32.2. The molecule has 1 heterocycles. The zero-order valence-corrected chi connectivity index (χ0v) is 13.2. The van der Waals surface area contributed by atoms with Gasteiger partial charge in [0.15, 0.2) is 0 Å². The van der Waals surface area contributed by atoms with E-state index in [0.717, 1.165) is 11.3 Å². The summed E-state index contributed by atoms with van der Waals surface area (Å²) in [5, 5.41) is 2.89. The quantitative estimate of drug-likeness (QED) is 0.880. The number of amides is 1. The fourth-order valence-corrected chi connectivity index (χ4v) is 3.15. The predicted octanol–water partition coefficient (Wildman–Crippen LogP) is 0.511. The lowest BCUT2D eigenvalue weighted by atomic mass is 10.2. The van der Waals surface area contributed by atoms with Crippen molar-refractivity contribution < 1.29 is 13.2 Å². The second-order valence-electron chi connectivity index (χ2n) is 5.30. The number of anilines is 1. The minimum absolute atomic E-state index is 0.0721. The first kappa shape index (κ1) is 15.9. The van der Waals surface area contributed by atoms with E-state index in [0.29, 0.717) is 26.2 Å². The number of benzene rings is 1. The van der Waals surface area contributed by atoms with Crippen molar-refractivity contribution in [3.8, 4) is 0 Å². The number of hydrogen-bond donors (Lipinski definition) is 1. The molecule has 1 N–H and O–H groups in total. The second kappa shape index (κ2) is 6.55. The lowest BCUT2D eigenvalue weighted by Crippen LogP contribution is -2.50. The Bertz CT molecular complexity index is 608. The standard InChI is InChI=1S/C14H21N3O3S/c1-12-5-3-4-6-13(12)15-14(18)11-16-7-9-17(10-8-16)21(2,19)20/h3-6H,7-11H2,1-2H3,(H,15,18). The molecule has 116 valence electrons. The molecule has 1 aromatic carbocycles. The third-order valence-electron chi connectivity index (χ3n) is 3.59. The van der Waals surface area contributed by atoms with Crippen LogP contribution in [0.1, 0.15) is 5.56 Å². The topological polar surface area (TPSA) is 69.7 Å². The molecule has 7 heteroatoms. The predicted molar refractivity (Wildman–Crippen MR) is 82.7 cm³/mol. The van der Waals surface area contributed by atoms with E-state index >= 15 is 0 Å². The smallest absolute Gasteiger partial charge is 0.238 e. The van der Waals surface area contributed by atoms with Crippen molar-refractivity contribution in [1.82, 2.24) is 9.21 Å². The van der Waals surface area contributed by atoms with Gasteiger partial charge in [-0.05, 0) is 18.6 Å². The van der Waals surface area contributed by atoms with Crippen molar-refractivity contribution in [3.05, 3.63) is 29.8 Å². The van der Waals surface area contributed by atoms with Crippen LogP contribution in [-0.4, -0.2) is 62.5 Å². The SMILES string of the molecule is Cc1ccccc1NC(=O)CN1CCN(S(C)(=O)=O)CC1. The van der Waals surface area contributed by atoms with E-state index in [1.807, 2.05) is 36.1 Å². The molecule has 1 saturated heterocycles. The minimum Gasteiger partial charge on any atom is -0.325 e. The molecule has 0 radical (unpaired) electrons. The molecule has 0 bridgehead atoms. The van der Waals surface area contributed by atoms with Gasteiger partial charge in [0, 0.05) is 31.9 Å². The summed E-state index contributed by atoms with van der Waals surface area (Å²) in [5.74, 6) is -0.0721. The molecule has 0 unspecified atom stereocenters. The molecule has 0 spiro atoms. The average Bonchev–Trinajstić information content (AvgIpc) is 2.41. The summed E-state index contributed by atoms with van der Waals surface area (Å²) in [7, 11) is -3.13. The third-order valence-corrected chi connectivity index (χ3v) is 4.89. The fourth-order valence-electron chi connectivity index (χ4n) is 2.33. The highest BCUT2D eigenvalue weighted by molar-refractivity contribution is 7.88. The van der Waals surface area contributed by atoms with Gasteiger partial charge in [0.2, 0.25) is 15.9 Å². The van der Waals surface area contributed by atoms with Gasteiger partial charge >= 0.3 is 0 Å². The Kier molecular flexibility index (Phi) is 4.97. The summed E-state index contributed by atoms with van der Waals surface area (Å²) in [5.41, 5.74) is 1.84. The summed E-state index contributed by atoms with van der Waals surface area (Å²) < 4.78 is 24.3. The first-order valence-electron chi connectivity index (χ1n) is 6.89. The molecule has 21 heavy (non-hydrogen) atoms. The maximum atomic E-state index is 12.0. The number of nitrogens with zero attached hydrogens (tertiary/aromatic N) is 2. The van der Waals surface area contributed by atoms with Crippen LogP contribution in [0.15, 0.2) is 24.3 Å². The van der Waals surface area contributed by atoms with Gasteiger partial charge in [-0.3, -0.25) is 9.69 Å². The van der Waals surface area contributed by atoms with Crippen molar-refractivity contribution in [1.29, 1.82) is 0 Å². The highest BCUT2D eigenvalue weighted by Crippen LogP contribution is 2.13. The van der Waals surface area contributed by atoms with Crippen molar-refractivity contribution in [2.45, 2.75) is 6.92 Å². The van der Waals surface area contributed by atoms with Gasteiger partial charge in [-0.15, -0.1) is 0 Å². The van der Waals surface area contributed by atoms with Gasteiger partial charge in [-0.1, -0.05) is 18.2 Å². The van der Waals surface area contributed by atoms with Gasteiger partial charge in [0.05, 0.1) is 12.8 Å². The van der Waals surface area contributed by atoms with E-state index in [4.69, 9.17) is 0 Å². The Hall–Kier alpha value is -1.44. The minimum atomic E-state index is -3.13. The number of rotatable bonds is 4. The molecule has 1 aliphatic rings. The van der Waals surface area contributed by atoms with Gasteiger partial charge in [0.25, 0.3) is 0 Å². The van der Waals surface area contributed by atoms with Crippen LogP contribution in [0.3, 0.4) is 0 Å². The van der Waals surface area contributed by atoms with Gasteiger partial charge in [-0.2, -0.15) is 4.31 Å². The molecule has 2 rings (SSSR count). The van der Waals surface area contributed by atoms with E-state index in [2.05, 4.69) is 5.32 Å². The van der Waals surface area contributed by atoms with Crippen LogP contribution in [0, 0.1) is 6.92 Å². The molecular weight excluding hydrogens is 290 g/mol. The average molecular weight is 311 g/mol. The monoisotopic (exact) mass is 311 g/mol. The molecule has 1 amide bonds. The molecular formula is C14H21N3O3S. The van der Waals surface area contributed by atoms with Crippen LogP contribution in [0.5, 0.6) is 0 Å². The molecule has 0 atom stereocenters. The Morgan fingerprint density at radius 2 is 1.81 bits per heavy atom. The summed E-state index contributed by atoms with van der Waals surface area (Å²) in [6.45, 7) is 4.27. The molecule has 1 aromatic rings. The molecule has 1 fully saturated rings. The maximum Gasteiger partial charge on any atom is 0.238 e. The summed E-state index contributed by atoms with van der Waals surface area (Å²) in [6.07, 6.45) is 1.22. The first-order chi connectivity index (χ1) is 9.86. The Balaban J connectivity index is 1.84. The van der Waals surface area contributed by atoms with Gasteiger partial charge < -0.3 is 5.32 Å². The zero-order valence-electron chi connectivity index (χ0n) is 12.4. The van der Waals surface area contributed by atoms with Crippen molar-refractivity contribution in [3.63, 3.8) is 0 Å². The van der Waals surface area contributed by atoms with E-state index in [-0.39, 0.29) is 12.5 Å². The third kappa shape index (κ3) is 4.52. The molecule has 6 nitrogen and oxygen atoms in total. The van der Waals surface area contributed by atoms with Crippen LogP contribution in [0.4, 0.5) is 5.69 Å². The number of carbonyl (C=O) groups is 1. The summed E-state index contributed by atoms with van der Waals surface area (Å²) in [4.78, 5) is 14.0. The van der Waals surface area contributed by atoms with Crippen molar-refractivity contribution in [2.75, 3.05) is 44.3 Å². The molecule has 0 aromatic heterocycles. The Labute approximate surface area is 125 Å². The van der Waals surface area contributed by atoms with E-state index in [1.165, 1.54) is 10.6 Å². The van der Waals surface area contributed by atoms with Crippen LogP contribution in [0.25, 0.3) is 0 Å². The van der Waals surface area contributed by atoms with E-state index < -0.39 is 10.0 Å². The molecule has 0 saturated carbocycles. The fraction of sp³-hybridized carbons (Fsp3) is 0.500. The summed E-state index contributed by atoms with van der Waals surface area (Å²) in [6, 6.07) is 7.62. The Morgan fingerprint density at radius 3 is 2.38 bits per heavy atom. The van der Waals surface area contributed by atoms with Crippen molar-refractivity contribution >= 4 is 21.6 Å². The van der Waals surface area contributed by atoms with Crippen LogP contribution < -0.4 is 5.32 Å². The lowest BCUT2D eigenvalue weighted by molar-refractivity contribution is -0.117. The summed E-state index contributed by atoms with van der Waals surface area (Å²) >= 11 is 0. The first-order valence-corrected chi connectivity index (χ1v) is 8.74. The number of para-hydroxylation sites is 1. The zero-order chi connectivity index (χ0) is 15.5. The van der Waals surface area contributed by atoms with E-state index in [1.54, 1.807) is 0 Å². The van der Waals surface area contributed by atoms with Crippen molar-refractivity contribution in [2.24, 2.45) is 0 Å². The maximum absolute atomic E-state index is 12.0. The molecule has 0 aliphatic carbocycles. The largest absolute Gasteiger partial charge is 0.325 e. The number of sulfonamides is 1. The van der Waals surface area contributed by atoms with E-state index in [9.17, 15) is 13.2 Å². The molecule has 1 aliphatic heterocycles. The van der Waals surface area contributed by atoms with Crippen LogP contribution in [-0.2, 0) is 14.8 Å². The second-order valence-corrected chi connectivity index (χ2v) is 7.28. The number of carbonyl (C=O) groups excluding carboxylic acids is 1. The van der Waals surface area contributed by atoms with Crippen LogP contribution in [0.2, 0.25) is 0 Å². The number of hydrogen-bond acceptors (Lipinski definition) is 4. The highest BCUT2D eigenvalue weighted by Gasteiger charge is 2.24.